The van der Waals surface area contributed by atoms with E-state index in [2.05, 4.69) is 50.3 Å². The molecule has 0 radical (unpaired) electrons. The number of hydrogen-bond donors (Lipinski definition) is 0. The van der Waals surface area contributed by atoms with E-state index in [1.54, 1.807) is 85.4 Å². The zero-order valence-electron chi connectivity index (χ0n) is 42.2. The predicted octanol–water partition coefficient (Wildman–Crippen LogP) is 7.38. The lowest BCUT2D eigenvalue weighted by atomic mass is 10.1. The van der Waals surface area contributed by atoms with Crippen molar-refractivity contribution in [2.75, 3.05) is 28.4 Å². The number of rotatable bonds is 18. The van der Waals surface area contributed by atoms with Gasteiger partial charge in [0.1, 0.15) is 68.9 Å². The van der Waals surface area contributed by atoms with Gasteiger partial charge in [-0.3, -0.25) is 9.13 Å². The highest BCUT2D eigenvalue weighted by molar-refractivity contribution is 7.91. The van der Waals surface area contributed by atoms with Gasteiger partial charge >= 0.3 is 0 Å². The second kappa shape index (κ2) is 22.9. The zero-order chi connectivity index (χ0) is 53.5. The minimum Gasteiger partial charge on any atom is -0.494 e. The smallest absolute Gasteiger partial charge is 0.187 e. The highest BCUT2D eigenvalue weighted by Gasteiger charge is 2.35. The lowest BCUT2D eigenvalue weighted by Crippen LogP contribution is -2.27. The summed E-state index contributed by atoms with van der Waals surface area (Å²) >= 11 is 0. The van der Waals surface area contributed by atoms with Crippen LogP contribution in [0.2, 0.25) is 0 Å². The topological polar surface area (TPSA) is 244 Å². The lowest BCUT2D eigenvalue weighted by molar-refractivity contribution is 0.390. The number of aromatic nitrogens is 12. The molecule has 2 aromatic carbocycles. The fraction of sp³-hybridized carbons (Fsp3) is 0.320. The summed E-state index contributed by atoms with van der Waals surface area (Å²) < 4.78 is 106. The summed E-state index contributed by atoms with van der Waals surface area (Å²) in [4.78, 5) is 24.9. The van der Waals surface area contributed by atoms with E-state index in [0.717, 1.165) is 36.2 Å². The number of nitrogens with zero attached hydrogens (tertiary/aromatic N) is 12. The summed E-state index contributed by atoms with van der Waals surface area (Å²) in [5.41, 5.74) is 3.42. The van der Waals surface area contributed by atoms with E-state index in [9.17, 15) is 25.6 Å². The number of benzene rings is 2. The van der Waals surface area contributed by atoms with Gasteiger partial charge in [0.25, 0.3) is 0 Å². The monoisotopic (exact) mass is 1050 g/mol. The lowest BCUT2D eigenvalue weighted by Gasteiger charge is -2.20. The molecule has 8 aromatic rings. The fourth-order valence-corrected chi connectivity index (χ4v) is 10.9. The molecule has 20 nitrogen and oxygen atoms in total. The number of sulfone groups is 2. The Bertz CT molecular complexity index is 3200. The SMILES string of the molecule is COc1cccc(OC)c1-n1c(CS(=O)(=O)[C@@H](C)[C@H](C)c2ncc(F)cn2)nnc1-c1cccc(C)n1.COc1cccc(OC)c1-n1c(CS(=O)(=O)[C@H](C)[C@@H](C)c2ncc(F)cn2)nnc1-c1cccc(C)n1. The van der Waals surface area contributed by atoms with Crippen molar-refractivity contribution in [1.29, 1.82) is 0 Å². The number of ether oxygens (including phenoxy) is 4. The van der Waals surface area contributed by atoms with Crippen LogP contribution in [-0.2, 0) is 31.2 Å². The van der Waals surface area contributed by atoms with E-state index >= 15 is 0 Å². The van der Waals surface area contributed by atoms with Gasteiger partial charge in [-0.15, -0.1) is 20.4 Å². The second-order valence-corrected chi connectivity index (χ2v) is 21.7. The largest absolute Gasteiger partial charge is 0.494 e. The molecule has 0 bridgehead atoms. The molecule has 0 saturated carbocycles. The molecular formula is C50H54F2N12O8S2. The molecule has 0 amide bonds. The van der Waals surface area contributed by atoms with Gasteiger partial charge in [0.05, 0.1) is 63.7 Å². The number of aryl methyl sites for hydroxylation is 2. The van der Waals surface area contributed by atoms with E-state index in [1.807, 2.05) is 38.1 Å². The third-order valence-corrected chi connectivity index (χ3v) is 16.6. The summed E-state index contributed by atoms with van der Waals surface area (Å²) in [5, 5.41) is 15.4. The van der Waals surface area contributed by atoms with Crippen molar-refractivity contribution >= 4 is 19.7 Å². The van der Waals surface area contributed by atoms with Gasteiger partial charge in [-0.2, -0.15) is 0 Å². The van der Waals surface area contributed by atoms with Gasteiger partial charge in [-0.1, -0.05) is 38.1 Å². The van der Waals surface area contributed by atoms with E-state index < -0.39 is 65.2 Å². The molecule has 0 N–H and O–H groups in total. The molecule has 388 valence electrons. The Morgan fingerprint density at radius 3 is 1.09 bits per heavy atom. The third kappa shape index (κ3) is 11.7. The van der Waals surface area contributed by atoms with Crippen molar-refractivity contribution in [3.05, 3.63) is 144 Å². The molecule has 6 heterocycles. The van der Waals surface area contributed by atoms with E-state index in [4.69, 9.17) is 18.9 Å². The maximum Gasteiger partial charge on any atom is 0.187 e. The summed E-state index contributed by atoms with van der Waals surface area (Å²) in [6, 6.07) is 21.4. The van der Waals surface area contributed by atoms with Crippen LogP contribution in [0.1, 0.15) is 74.2 Å². The average molecular weight is 1050 g/mol. The van der Waals surface area contributed by atoms with Crippen LogP contribution in [0.4, 0.5) is 8.78 Å². The first-order valence-electron chi connectivity index (χ1n) is 22.9. The van der Waals surface area contributed by atoms with Crippen molar-refractivity contribution in [3.8, 4) is 57.4 Å². The van der Waals surface area contributed by atoms with Crippen molar-refractivity contribution in [1.82, 2.24) is 59.4 Å². The zero-order valence-corrected chi connectivity index (χ0v) is 43.8. The number of halogens is 2. The molecular weight excluding hydrogens is 999 g/mol. The number of pyridine rings is 2. The molecule has 4 atom stereocenters. The first-order valence-corrected chi connectivity index (χ1v) is 26.3. The van der Waals surface area contributed by atoms with Crippen LogP contribution < -0.4 is 18.9 Å². The van der Waals surface area contributed by atoms with Gasteiger partial charge in [0.15, 0.2) is 54.6 Å². The molecule has 0 saturated heterocycles. The fourth-order valence-electron chi connectivity index (χ4n) is 7.84. The number of para-hydroxylation sites is 2. The van der Waals surface area contributed by atoms with Crippen LogP contribution in [0.15, 0.2) is 97.6 Å². The first kappa shape index (κ1) is 53.9. The quantitative estimate of drug-likeness (QED) is 0.0813. The van der Waals surface area contributed by atoms with Crippen molar-refractivity contribution in [2.24, 2.45) is 0 Å². The van der Waals surface area contributed by atoms with Gasteiger partial charge in [-0.25, -0.2) is 55.5 Å². The average Bonchev–Trinajstić information content (AvgIpc) is 4.00. The summed E-state index contributed by atoms with van der Waals surface area (Å²) in [7, 11) is -1.59. The van der Waals surface area contributed by atoms with E-state index in [-0.39, 0.29) is 23.3 Å². The highest BCUT2D eigenvalue weighted by atomic mass is 32.2. The minimum atomic E-state index is -3.82. The van der Waals surface area contributed by atoms with Crippen molar-refractivity contribution in [3.63, 3.8) is 0 Å². The van der Waals surface area contributed by atoms with Gasteiger partial charge in [0.2, 0.25) is 0 Å². The van der Waals surface area contributed by atoms with E-state index in [0.29, 0.717) is 57.4 Å². The van der Waals surface area contributed by atoms with Crippen molar-refractivity contribution < 1.29 is 44.6 Å². The van der Waals surface area contributed by atoms with Gasteiger partial charge in [-0.05, 0) is 76.2 Å². The Hall–Kier alpha value is -7.86. The molecule has 8 rings (SSSR count). The Labute approximate surface area is 427 Å². The molecule has 0 fully saturated rings. The Kier molecular flexibility index (Phi) is 16.7. The van der Waals surface area contributed by atoms with Crippen LogP contribution in [0.3, 0.4) is 0 Å². The van der Waals surface area contributed by atoms with Crippen molar-refractivity contribution in [2.45, 2.75) is 75.4 Å². The third-order valence-electron chi connectivity index (χ3n) is 12.2. The molecule has 6 aromatic heterocycles. The second-order valence-electron chi connectivity index (χ2n) is 17.0. The molecule has 0 aliphatic carbocycles. The highest BCUT2D eigenvalue weighted by Crippen LogP contribution is 2.39. The number of methoxy groups -OCH3 is 4. The molecule has 0 spiro atoms. The normalized spacial score (nSPS) is 13.2. The maximum atomic E-state index is 13.6. The molecule has 74 heavy (non-hydrogen) atoms. The van der Waals surface area contributed by atoms with Crippen LogP contribution in [0, 0.1) is 25.5 Å². The maximum absolute atomic E-state index is 13.6. The van der Waals surface area contributed by atoms with Crippen LogP contribution >= 0.6 is 0 Å². The summed E-state index contributed by atoms with van der Waals surface area (Å²) in [6.07, 6.45) is 4.07. The molecule has 0 unspecified atom stereocenters. The molecule has 0 aliphatic rings. The first-order chi connectivity index (χ1) is 35.3. The van der Waals surface area contributed by atoms with Gasteiger partial charge in [0, 0.05) is 23.2 Å². The Balaban J connectivity index is 0.000000216. The minimum absolute atomic E-state index is 0.153. The van der Waals surface area contributed by atoms with Gasteiger partial charge < -0.3 is 18.9 Å². The summed E-state index contributed by atoms with van der Waals surface area (Å²) in [5.74, 6) is -0.0869. The van der Waals surface area contributed by atoms with Crippen LogP contribution in [0.5, 0.6) is 23.0 Å². The Morgan fingerprint density at radius 2 is 0.797 bits per heavy atom. The Morgan fingerprint density at radius 1 is 0.486 bits per heavy atom. The number of hydrogen-bond acceptors (Lipinski definition) is 18. The van der Waals surface area contributed by atoms with Crippen LogP contribution in [0.25, 0.3) is 34.4 Å². The summed E-state index contributed by atoms with van der Waals surface area (Å²) in [6.45, 7) is 10.2. The predicted molar refractivity (Wildman–Crippen MR) is 270 cm³/mol. The standard InChI is InChI=1S/2C25H27FN6O4S/c2*1-15-8-6-9-19(29-15)25-31-30-22(32(25)23-20(35-4)10-7-11-21(23)36-5)14-37(33,34)17(3)16(2)24-27-12-18(26)13-28-24/h2*6-13,16-17H,14H2,1-5H3/t2*16-,17-/m10/s1. The molecule has 24 heteroatoms. The molecule has 0 aliphatic heterocycles. The van der Waals surface area contributed by atoms with E-state index in [1.165, 1.54) is 28.4 Å². The van der Waals surface area contributed by atoms with Crippen LogP contribution in [-0.4, -0.2) is 115 Å².